The molecule has 1 nitrogen and oxygen atoms in total. The van der Waals surface area contributed by atoms with Crippen LogP contribution in [0.25, 0.3) is 0 Å². The highest BCUT2D eigenvalue weighted by Crippen LogP contribution is 2.29. The minimum atomic E-state index is 0.444. The zero-order valence-electron chi connectivity index (χ0n) is 11.7. The van der Waals surface area contributed by atoms with Gasteiger partial charge in [0.15, 0.2) is 0 Å². The van der Waals surface area contributed by atoms with Gasteiger partial charge in [0.2, 0.25) is 0 Å². The maximum Gasteiger partial charge on any atom is -0.00154 e. The molecule has 0 aromatic heterocycles. The molecular formula is C14H31N. The van der Waals surface area contributed by atoms with E-state index >= 15 is 0 Å². The molecule has 0 saturated heterocycles. The van der Waals surface area contributed by atoms with Crippen LogP contribution in [0.5, 0.6) is 0 Å². The van der Waals surface area contributed by atoms with Crippen molar-refractivity contribution in [3.63, 3.8) is 0 Å². The molecule has 0 rings (SSSR count). The Morgan fingerprint density at radius 3 is 2.07 bits per heavy atom. The monoisotopic (exact) mass is 213 g/mol. The van der Waals surface area contributed by atoms with Crippen LogP contribution in [0.1, 0.15) is 60.8 Å². The van der Waals surface area contributed by atoms with Gasteiger partial charge in [-0.1, -0.05) is 54.4 Å². The van der Waals surface area contributed by atoms with Gasteiger partial charge >= 0.3 is 0 Å². The van der Waals surface area contributed by atoms with Crippen molar-refractivity contribution in [1.82, 2.24) is 5.32 Å². The molecule has 15 heavy (non-hydrogen) atoms. The molecule has 0 bridgehead atoms. The van der Waals surface area contributed by atoms with Gasteiger partial charge in [-0.15, -0.1) is 0 Å². The van der Waals surface area contributed by atoms with Crippen molar-refractivity contribution in [2.75, 3.05) is 13.1 Å². The van der Waals surface area contributed by atoms with Crippen LogP contribution >= 0.6 is 0 Å². The maximum absolute atomic E-state index is 3.60. The van der Waals surface area contributed by atoms with Crippen LogP contribution in [0.4, 0.5) is 0 Å². The van der Waals surface area contributed by atoms with E-state index in [1.54, 1.807) is 0 Å². The molecule has 1 atom stereocenters. The highest BCUT2D eigenvalue weighted by atomic mass is 14.9. The van der Waals surface area contributed by atoms with Gasteiger partial charge in [0.25, 0.3) is 0 Å². The average Bonchev–Trinajstić information content (AvgIpc) is 2.08. The Hall–Kier alpha value is -0.0400. The minimum absolute atomic E-state index is 0.444. The Balaban J connectivity index is 3.91. The standard InChI is InChI=1S/C14H31N/c1-7-8-9-13(14(4,5)6)11-15-10-12(2)3/h12-13,15H,7-11H2,1-6H3. The Kier molecular flexibility index (Phi) is 7.25. The van der Waals surface area contributed by atoms with Crippen molar-refractivity contribution in [1.29, 1.82) is 0 Å². The second-order valence-electron chi connectivity index (χ2n) is 6.26. The first kappa shape index (κ1) is 15.0. The van der Waals surface area contributed by atoms with Crippen molar-refractivity contribution < 1.29 is 0 Å². The molecule has 0 fully saturated rings. The number of rotatable bonds is 7. The molecule has 0 aliphatic carbocycles. The van der Waals surface area contributed by atoms with Gasteiger partial charge in [0.1, 0.15) is 0 Å². The summed E-state index contributed by atoms with van der Waals surface area (Å²) in [6, 6.07) is 0. The van der Waals surface area contributed by atoms with Crippen LogP contribution in [0, 0.1) is 17.3 Å². The molecule has 0 aromatic carbocycles. The smallest absolute Gasteiger partial charge is 0.00154 e. The van der Waals surface area contributed by atoms with E-state index in [0.717, 1.165) is 18.4 Å². The Bertz CT molecular complexity index is 144. The zero-order chi connectivity index (χ0) is 11.9. The molecular weight excluding hydrogens is 182 g/mol. The van der Waals surface area contributed by atoms with Crippen LogP contribution in [-0.2, 0) is 0 Å². The summed E-state index contributed by atoms with van der Waals surface area (Å²) in [7, 11) is 0. The number of hydrogen-bond acceptors (Lipinski definition) is 1. The van der Waals surface area contributed by atoms with Gasteiger partial charge < -0.3 is 5.32 Å². The summed E-state index contributed by atoms with van der Waals surface area (Å²) in [6.45, 7) is 16.2. The largest absolute Gasteiger partial charge is 0.316 e. The van der Waals surface area contributed by atoms with E-state index in [2.05, 4.69) is 46.9 Å². The van der Waals surface area contributed by atoms with Crippen molar-refractivity contribution in [3.8, 4) is 0 Å². The summed E-state index contributed by atoms with van der Waals surface area (Å²) in [5.41, 5.74) is 0.444. The van der Waals surface area contributed by atoms with E-state index in [9.17, 15) is 0 Å². The maximum atomic E-state index is 3.60. The van der Waals surface area contributed by atoms with Gasteiger partial charge in [-0.25, -0.2) is 0 Å². The van der Waals surface area contributed by atoms with Gasteiger partial charge in [-0.2, -0.15) is 0 Å². The molecule has 0 radical (unpaired) electrons. The lowest BCUT2D eigenvalue weighted by Gasteiger charge is -2.31. The van der Waals surface area contributed by atoms with Crippen LogP contribution in [0.3, 0.4) is 0 Å². The van der Waals surface area contributed by atoms with Gasteiger partial charge in [0, 0.05) is 0 Å². The summed E-state index contributed by atoms with van der Waals surface area (Å²) in [4.78, 5) is 0. The van der Waals surface area contributed by atoms with Crippen molar-refractivity contribution in [2.24, 2.45) is 17.3 Å². The lowest BCUT2D eigenvalue weighted by molar-refractivity contribution is 0.212. The lowest BCUT2D eigenvalue weighted by Crippen LogP contribution is -2.33. The fourth-order valence-corrected chi connectivity index (χ4v) is 1.84. The van der Waals surface area contributed by atoms with Crippen LogP contribution in [-0.4, -0.2) is 13.1 Å². The molecule has 1 N–H and O–H groups in total. The fraction of sp³-hybridized carbons (Fsp3) is 1.00. The first-order valence-corrected chi connectivity index (χ1v) is 6.58. The van der Waals surface area contributed by atoms with E-state index in [-0.39, 0.29) is 0 Å². The summed E-state index contributed by atoms with van der Waals surface area (Å²) in [6.07, 6.45) is 4.05. The van der Waals surface area contributed by atoms with Crippen LogP contribution in [0.2, 0.25) is 0 Å². The second-order valence-corrected chi connectivity index (χ2v) is 6.26. The van der Waals surface area contributed by atoms with Crippen molar-refractivity contribution in [3.05, 3.63) is 0 Å². The van der Waals surface area contributed by atoms with E-state index < -0.39 is 0 Å². The third-order valence-electron chi connectivity index (χ3n) is 3.07. The highest BCUT2D eigenvalue weighted by molar-refractivity contribution is 4.76. The van der Waals surface area contributed by atoms with Crippen LogP contribution in [0.15, 0.2) is 0 Å². The molecule has 0 aliphatic rings. The summed E-state index contributed by atoms with van der Waals surface area (Å²) in [5.74, 6) is 1.58. The first-order valence-electron chi connectivity index (χ1n) is 6.58. The molecule has 0 saturated carbocycles. The highest BCUT2D eigenvalue weighted by Gasteiger charge is 2.23. The topological polar surface area (TPSA) is 12.0 Å². The first-order chi connectivity index (χ1) is 6.88. The van der Waals surface area contributed by atoms with E-state index in [1.165, 1.54) is 25.8 Å². The normalized spacial score (nSPS) is 14.6. The van der Waals surface area contributed by atoms with Gasteiger partial charge in [-0.05, 0) is 36.8 Å². The molecule has 0 aromatic rings. The van der Waals surface area contributed by atoms with E-state index in [4.69, 9.17) is 0 Å². The Morgan fingerprint density at radius 1 is 1.07 bits per heavy atom. The molecule has 0 heterocycles. The number of nitrogens with one attached hydrogen (secondary N) is 1. The van der Waals surface area contributed by atoms with Crippen molar-refractivity contribution in [2.45, 2.75) is 60.8 Å². The zero-order valence-corrected chi connectivity index (χ0v) is 11.7. The summed E-state index contributed by atoms with van der Waals surface area (Å²) >= 11 is 0. The quantitative estimate of drug-likeness (QED) is 0.672. The van der Waals surface area contributed by atoms with Gasteiger partial charge in [-0.3, -0.25) is 0 Å². The predicted molar refractivity (Wildman–Crippen MR) is 70.2 cm³/mol. The average molecular weight is 213 g/mol. The Labute approximate surface area is 97.0 Å². The van der Waals surface area contributed by atoms with E-state index in [1.807, 2.05) is 0 Å². The predicted octanol–water partition coefficient (Wildman–Crippen LogP) is 4.08. The van der Waals surface area contributed by atoms with Gasteiger partial charge in [0.05, 0.1) is 0 Å². The van der Waals surface area contributed by atoms with Crippen molar-refractivity contribution >= 4 is 0 Å². The summed E-state index contributed by atoms with van der Waals surface area (Å²) in [5, 5.41) is 3.60. The fourth-order valence-electron chi connectivity index (χ4n) is 1.84. The lowest BCUT2D eigenvalue weighted by atomic mass is 9.78. The Morgan fingerprint density at radius 2 is 1.67 bits per heavy atom. The minimum Gasteiger partial charge on any atom is -0.316 e. The molecule has 1 heteroatoms. The second kappa shape index (κ2) is 7.27. The number of unbranched alkanes of at least 4 members (excludes halogenated alkanes) is 1. The van der Waals surface area contributed by atoms with E-state index in [0.29, 0.717) is 5.41 Å². The third-order valence-corrected chi connectivity index (χ3v) is 3.07. The molecule has 92 valence electrons. The SMILES string of the molecule is CCCCC(CNCC(C)C)C(C)(C)C. The molecule has 0 spiro atoms. The molecule has 0 amide bonds. The third kappa shape index (κ3) is 7.84. The summed E-state index contributed by atoms with van der Waals surface area (Å²) < 4.78 is 0. The molecule has 0 aliphatic heterocycles. The van der Waals surface area contributed by atoms with Crippen LogP contribution < -0.4 is 5.32 Å². The number of hydrogen-bond donors (Lipinski definition) is 1. The molecule has 1 unspecified atom stereocenters.